The second-order valence-electron chi connectivity index (χ2n) is 4.60. The zero-order valence-corrected chi connectivity index (χ0v) is 12.0. The monoisotopic (exact) mass is 246 g/mol. The number of rotatable bonds is 10. The molecule has 0 aromatic rings. The summed E-state index contributed by atoms with van der Waals surface area (Å²) in [7, 11) is 0. The molecule has 0 rings (SSSR count). The van der Waals surface area contributed by atoms with Crippen molar-refractivity contribution >= 4 is 0 Å². The summed E-state index contributed by atoms with van der Waals surface area (Å²) in [5.74, 6) is 0. The van der Waals surface area contributed by atoms with Crippen molar-refractivity contribution in [2.75, 3.05) is 6.61 Å². The van der Waals surface area contributed by atoms with Crippen LogP contribution in [-0.2, 0) is 0 Å². The van der Waals surface area contributed by atoms with Crippen LogP contribution >= 0.6 is 0 Å². The Balaban J connectivity index is 0. The molecule has 0 amide bonds. The lowest BCUT2D eigenvalue weighted by molar-refractivity contribution is 0.318. The summed E-state index contributed by atoms with van der Waals surface area (Å²) in [6, 6.07) is 0. The van der Waals surface area contributed by atoms with Gasteiger partial charge in [0, 0.05) is 6.61 Å². The second-order valence-corrected chi connectivity index (χ2v) is 4.60. The van der Waals surface area contributed by atoms with Crippen molar-refractivity contribution in [2.24, 2.45) is 11.5 Å². The number of hydrogen-bond acceptors (Lipinski definition) is 3. The van der Waals surface area contributed by atoms with E-state index in [-0.39, 0.29) is 12.8 Å². The standard InChI is InChI=1S/C12H28N2.C2H6O/c1-2-3-4-5-6-7-8-9-10-11-12(13)14;1-2-3/h12H,2-11,13-14H2,1H3;3H,2H2,1H3. The Hall–Kier alpha value is -0.120. The van der Waals surface area contributed by atoms with E-state index >= 15 is 0 Å². The van der Waals surface area contributed by atoms with Crippen LogP contribution in [0.4, 0.5) is 0 Å². The third-order valence-corrected chi connectivity index (χ3v) is 2.64. The quantitative estimate of drug-likeness (QED) is 0.409. The normalized spacial score (nSPS) is 10.2. The highest BCUT2D eigenvalue weighted by Gasteiger charge is 1.94. The Morgan fingerprint density at radius 3 is 1.47 bits per heavy atom. The first-order valence-electron chi connectivity index (χ1n) is 7.31. The van der Waals surface area contributed by atoms with Gasteiger partial charge in [-0.15, -0.1) is 0 Å². The predicted octanol–water partition coefficient (Wildman–Crippen LogP) is 3.15. The molecular weight excluding hydrogens is 212 g/mol. The molecule has 106 valence electrons. The molecule has 0 heterocycles. The van der Waals surface area contributed by atoms with Crippen LogP contribution in [0.2, 0.25) is 0 Å². The lowest BCUT2D eigenvalue weighted by Crippen LogP contribution is -2.29. The van der Waals surface area contributed by atoms with E-state index in [9.17, 15) is 0 Å². The Morgan fingerprint density at radius 1 is 0.765 bits per heavy atom. The minimum absolute atomic E-state index is 0.0976. The molecule has 0 saturated carbocycles. The van der Waals surface area contributed by atoms with E-state index in [0.717, 1.165) is 6.42 Å². The van der Waals surface area contributed by atoms with Gasteiger partial charge >= 0.3 is 0 Å². The van der Waals surface area contributed by atoms with Gasteiger partial charge in [-0.2, -0.15) is 0 Å². The Kier molecular flexibility index (Phi) is 20.6. The number of aliphatic hydroxyl groups is 1. The molecule has 0 aliphatic heterocycles. The molecule has 3 heteroatoms. The van der Waals surface area contributed by atoms with Crippen molar-refractivity contribution in [3.05, 3.63) is 0 Å². The summed E-state index contributed by atoms with van der Waals surface area (Å²) in [6.45, 7) is 4.19. The molecule has 0 aliphatic carbocycles. The van der Waals surface area contributed by atoms with Crippen LogP contribution in [0.3, 0.4) is 0 Å². The smallest absolute Gasteiger partial charge is 0.0520 e. The lowest BCUT2D eigenvalue weighted by atomic mass is 10.1. The zero-order chi connectivity index (χ0) is 13.4. The average Bonchev–Trinajstić information content (AvgIpc) is 2.27. The summed E-state index contributed by atoms with van der Waals surface area (Å²) in [5.41, 5.74) is 10.9. The number of nitrogens with two attached hydrogens (primary N) is 2. The van der Waals surface area contributed by atoms with Gasteiger partial charge in [0.05, 0.1) is 6.17 Å². The third-order valence-electron chi connectivity index (χ3n) is 2.64. The fourth-order valence-corrected chi connectivity index (χ4v) is 1.69. The molecular formula is C14H34N2O. The summed E-state index contributed by atoms with van der Waals surface area (Å²) in [5, 5.41) is 7.57. The molecule has 0 saturated heterocycles. The maximum absolute atomic E-state index is 7.57. The molecule has 0 atom stereocenters. The van der Waals surface area contributed by atoms with Crippen molar-refractivity contribution in [1.82, 2.24) is 0 Å². The van der Waals surface area contributed by atoms with E-state index in [4.69, 9.17) is 16.6 Å². The number of unbranched alkanes of at least 4 members (excludes halogenated alkanes) is 8. The van der Waals surface area contributed by atoms with Crippen LogP contribution in [0.5, 0.6) is 0 Å². The highest BCUT2D eigenvalue weighted by Crippen LogP contribution is 2.10. The van der Waals surface area contributed by atoms with Crippen molar-refractivity contribution in [1.29, 1.82) is 0 Å². The maximum atomic E-state index is 7.57. The molecule has 3 nitrogen and oxygen atoms in total. The van der Waals surface area contributed by atoms with E-state index in [1.807, 2.05) is 0 Å². The maximum Gasteiger partial charge on any atom is 0.0520 e. The van der Waals surface area contributed by atoms with E-state index in [1.165, 1.54) is 57.8 Å². The Bertz CT molecular complexity index is 119. The van der Waals surface area contributed by atoms with Crippen LogP contribution in [0, 0.1) is 0 Å². The van der Waals surface area contributed by atoms with E-state index in [2.05, 4.69) is 6.92 Å². The van der Waals surface area contributed by atoms with Gasteiger partial charge in [-0.1, -0.05) is 64.7 Å². The number of hydrogen-bond donors (Lipinski definition) is 3. The molecule has 0 aromatic heterocycles. The SMILES string of the molecule is CCCCCCCCCCCC(N)N.CCO. The lowest BCUT2D eigenvalue weighted by Gasteiger charge is -2.04. The van der Waals surface area contributed by atoms with Crippen molar-refractivity contribution in [2.45, 2.75) is 84.2 Å². The van der Waals surface area contributed by atoms with Crippen molar-refractivity contribution < 1.29 is 5.11 Å². The number of aliphatic hydroxyl groups excluding tert-OH is 1. The van der Waals surface area contributed by atoms with Crippen molar-refractivity contribution in [3.63, 3.8) is 0 Å². The molecule has 5 N–H and O–H groups in total. The molecule has 0 aromatic carbocycles. The van der Waals surface area contributed by atoms with Crippen LogP contribution in [0.25, 0.3) is 0 Å². The average molecular weight is 246 g/mol. The van der Waals surface area contributed by atoms with Gasteiger partial charge in [0.15, 0.2) is 0 Å². The second kappa shape index (κ2) is 18.3. The molecule has 0 radical (unpaired) electrons. The Morgan fingerprint density at radius 2 is 1.12 bits per heavy atom. The largest absolute Gasteiger partial charge is 0.397 e. The van der Waals surface area contributed by atoms with Gasteiger partial charge in [-0.3, -0.25) is 0 Å². The van der Waals surface area contributed by atoms with Gasteiger partial charge in [0.25, 0.3) is 0 Å². The zero-order valence-electron chi connectivity index (χ0n) is 12.0. The minimum Gasteiger partial charge on any atom is -0.397 e. The molecule has 0 bridgehead atoms. The van der Waals surface area contributed by atoms with Gasteiger partial charge in [0.2, 0.25) is 0 Å². The summed E-state index contributed by atoms with van der Waals surface area (Å²) < 4.78 is 0. The van der Waals surface area contributed by atoms with Crippen LogP contribution in [0.15, 0.2) is 0 Å². The van der Waals surface area contributed by atoms with E-state index < -0.39 is 0 Å². The first-order valence-corrected chi connectivity index (χ1v) is 7.31. The van der Waals surface area contributed by atoms with E-state index in [0.29, 0.717) is 0 Å². The fourth-order valence-electron chi connectivity index (χ4n) is 1.69. The minimum atomic E-state index is -0.0976. The van der Waals surface area contributed by atoms with Gasteiger partial charge < -0.3 is 16.6 Å². The summed E-state index contributed by atoms with van der Waals surface area (Å²) >= 11 is 0. The van der Waals surface area contributed by atoms with Crippen molar-refractivity contribution in [3.8, 4) is 0 Å². The topological polar surface area (TPSA) is 72.3 Å². The summed E-state index contributed by atoms with van der Waals surface area (Å²) in [4.78, 5) is 0. The highest BCUT2D eigenvalue weighted by atomic mass is 16.2. The predicted molar refractivity (Wildman–Crippen MR) is 76.8 cm³/mol. The molecule has 0 fully saturated rings. The van der Waals surface area contributed by atoms with Gasteiger partial charge in [-0.25, -0.2) is 0 Å². The highest BCUT2D eigenvalue weighted by molar-refractivity contribution is 4.52. The Labute approximate surface area is 108 Å². The van der Waals surface area contributed by atoms with E-state index in [1.54, 1.807) is 6.92 Å². The fraction of sp³-hybridized carbons (Fsp3) is 1.00. The van der Waals surface area contributed by atoms with Gasteiger partial charge in [-0.05, 0) is 13.3 Å². The molecule has 17 heavy (non-hydrogen) atoms. The van der Waals surface area contributed by atoms with Crippen LogP contribution < -0.4 is 11.5 Å². The molecule has 0 aliphatic rings. The van der Waals surface area contributed by atoms with Crippen LogP contribution in [0.1, 0.15) is 78.1 Å². The summed E-state index contributed by atoms with van der Waals surface area (Å²) in [6.07, 6.45) is 13.1. The molecule has 0 spiro atoms. The first-order chi connectivity index (χ1) is 8.18. The van der Waals surface area contributed by atoms with Crippen LogP contribution in [-0.4, -0.2) is 17.9 Å². The molecule has 0 unspecified atom stereocenters. The van der Waals surface area contributed by atoms with Gasteiger partial charge in [0.1, 0.15) is 0 Å². The third kappa shape index (κ3) is 25.8. The first kappa shape index (κ1) is 19.2.